The van der Waals surface area contributed by atoms with E-state index in [0.29, 0.717) is 18.8 Å². The smallest absolute Gasteiger partial charge is 0.226 e. The van der Waals surface area contributed by atoms with Crippen LogP contribution in [-0.4, -0.2) is 22.2 Å². The SMILES string of the molecule is Cc1ccc(-n2nc(C(C)(C)C)cc2NC(=O)CCN)c(C)c1. The van der Waals surface area contributed by atoms with Gasteiger partial charge >= 0.3 is 0 Å². The van der Waals surface area contributed by atoms with E-state index in [4.69, 9.17) is 10.8 Å². The van der Waals surface area contributed by atoms with Crippen LogP contribution in [0.15, 0.2) is 24.3 Å². The van der Waals surface area contributed by atoms with Gasteiger partial charge in [-0.15, -0.1) is 0 Å². The number of carbonyl (C=O) groups is 1. The molecule has 124 valence electrons. The van der Waals surface area contributed by atoms with Gasteiger partial charge in [-0.2, -0.15) is 5.10 Å². The van der Waals surface area contributed by atoms with Gasteiger partial charge in [-0.3, -0.25) is 4.79 Å². The first kappa shape index (κ1) is 17.2. The summed E-state index contributed by atoms with van der Waals surface area (Å²) in [6, 6.07) is 8.13. The van der Waals surface area contributed by atoms with E-state index in [1.807, 2.05) is 29.8 Å². The van der Waals surface area contributed by atoms with Crippen LogP contribution in [0.25, 0.3) is 5.69 Å². The summed E-state index contributed by atoms with van der Waals surface area (Å²) in [5.41, 5.74) is 9.57. The monoisotopic (exact) mass is 314 g/mol. The first-order chi connectivity index (χ1) is 10.7. The molecule has 0 atom stereocenters. The number of hydrogen-bond acceptors (Lipinski definition) is 3. The number of hydrogen-bond donors (Lipinski definition) is 2. The standard InChI is InChI=1S/C18H26N4O/c1-12-6-7-14(13(2)10-12)22-16(20-17(23)8-9-19)11-15(21-22)18(3,4)5/h6-7,10-11H,8-9,19H2,1-5H3,(H,20,23). The minimum atomic E-state index is -0.100. The molecule has 0 aliphatic carbocycles. The molecule has 0 radical (unpaired) electrons. The molecule has 1 heterocycles. The van der Waals surface area contributed by atoms with Gasteiger partial charge in [0.25, 0.3) is 0 Å². The molecule has 0 aliphatic heterocycles. The van der Waals surface area contributed by atoms with Gasteiger partial charge in [-0.1, -0.05) is 38.5 Å². The lowest BCUT2D eigenvalue weighted by molar-refractivity contribution is -0.116. The van der Waals surface area contributed by atoms with Crippen molar-refractivity contribution in [3.8, 4) is 5.69 Å². The van der Waals surface area contributed by atoms with E-state index in [1.54, 1.807) is 0 Å². The van der Waals surface area contributed by atoms with Crippen molar-refractivity contribution in [1.29, 1.82) is 0 Å². The van der Waals surface area contributed by atoms with Crippen molar-refractivity contribution in [2.45, 2.75) is 46.5 Å². The van der Waals surface area contributed by atoms with Crippen LogP contribution in [0.3, 0.4) is 0 Å². The Labute approximate surface area is 137 Å². The highest BCUT2D eigenvalue weighted by Crippen LogP contribution is 2.27. The van der Waals surface area contributed by atoms with Crippen molar-refractivity contribution in [1.82, 2.24) is 9.78 Å². The number of nitrogens with two attached hydrogens (primary N) is 1. The quantitative estimate of drug-likeness (QED) is 0.911. The van der Waals surface area contributed by atoms with Crippen LogP contribution in [0, 0.1) is 13.8 Å². The molecule has 1 aromatic carbocycles. The van der Waals surface area contributed by atoms with E-state index in [9.17, 15) is 4.79 Å². The maximum atomic E-state index is 12.0. The van der Waals surface area contributed by atoms with Crippen molar-refractivity contribution >= 4 is 11.7 Å². The van der Waals surface area contributed by atoms with Gasteiger partial charge in [-0.05, 0) is 25.5 Å². The molecule has 2 aromatic rings. The fourth-order valence-corrected chi connectivity index (χ4v) is 2.40. The predicted molar refractivity (Wildman–Crippen MR) is 94.0 cm³/mol. The Morgan fingerprint density at radius 2 is 1.96 bits per heavy atom. The molecule has 1 amide bonds. The summed E-state index contributed by atoms with van der Waals surface area (Å²) in [5.74, 6) is 0.583. The lowest BCUT2D eigenvalue weighted by Gasteiger charge is -2.14. The third-order valence-corrected chi connectivity index (χ3v) is 3.70. The number of aryl methyl sites for hydroxylation is 2. The first-order valence-corrected chi connectivity index (χ1v) is 7.90. The van der Waals surface area contributed by atoms with E-state index in [1.165, 1.54) is 5.56 Å². The maximum Gasteiger partial charge on any atom is 0.226 e. The minimum Gasteiger partial charge on any atom is -0.330 e. The van der Waals surface area contributed by atoms with Crippen molar-refractivity contribution < 1.29 is 4.79 Å². The number of rotatable bonds is 4. The summed E-state index contributed by atoms with van der Waals surface area (Å²) in [4.78, 5) is 12.0. The molecule has 23 heavy (non-hydrogen) atoms. The second-order valence-corrected chi connectivity index (χ2v) is 6.95. The number of nitrogens with zero attached hydrogens (tertiary/aromatic N) is 2. The van der Waals surface area contributed by atoms with Gasteiger partial charge < -0.3 is 11.1 Å². The average Bonchev–Trinajstić information content (AvgIpc) is 2.82. The highest BCUT2D eigenvalue weighted by Gasteiger charge is 2.21. The van der Waals surface area contributed by atoms with Gasteiger partial charge in [0.1, 0.15) is 5.82 Å². The number of aromatic nitrogens is 2. The summed E-state index contributed by atoms with van der Waals surface area (Å²) < 4.78 is 1.81. The van der Waals surface area contributed by atoms with Gasteiger partial charge in [0.05, 0.1) is 11.4 Å². The molecular weight excluding hydrogens is 288 g/mol. The Hall–Kier alpha value is -2.14. The van der Waals surface area contributed by atoms with E-state index in [2.05, 4.69) is 39.1 Å². The molecule has 0 fully saturated rings. The molecule has 0 spiro atoms. The van der Waals surface area contributed by atoms with E-state index in [0.717, 1.165) is 16.9 Å². The molecule has 1 aromatic heterocycles. The number of anilines is 1. The highest BCUT2D eigenvalue weighted by atomic mass is 16.1. The second-order valence-electron chi connectivity index (χ2n) is 6.95. The van der Waals surface area contributed by atoms with Crippen molar-refractivity contribution in [3.63, 3.8) is 0 Å². The van der Waals surface area contributed by atoms with E-state index < -0.39 is 0 Å². The lowest BCUT2D eigenvalue weighted by atomic mass is 9.92. The van der Waals surface area contributed by atoms with Gasteiger partial charge in [-0.25, -0.2) is 4.68 Å². The van der Waals surface area contributed by atoms with Crippen molar-refractivity contribution in [3.05, 3.63) is 41.1 Å². The number of amides is 1. The summed E-state index contributed by atoms with van der Waals surface area (Å²) in [6.07, 6.45) is 0.295. The fraction of sp³-hybridized carbons (Fsp3) is 0.444. The summed E-state index contributed by atoms with van der Waals surface area (Å²) in [6.45, 7) is 10.7. The lowest BCUT2D eigenvalue weighted by Crippen LogP contribution is -2.18. The minimum absolute atomic E-state index is 0.0983. The van der Waals surface area contributed by atoms with Gasteiger partial charge in [0.15, 0.2) is 0 Å². The molecular formula is C18H26N4O. The molecule has 2 rings (SSSR count). The zero-order chi connectivity index (χ0) is 17.2. The number of nitrogens with one attached hydrogen (secondary N) is 1. The van der Waals surface area contributed by atoms with Gasteiger partial charge in [0.2, 0.25) is 5.91 Å². The number of benzene rings is 1. The Balaban J connectivity index is 2.51. The van der Waals surface area contributed by atoms with Crippen LogP contribution in [0.4, 0.5) is 5.82 Å². The Kier molecular flexibility index (Phi) is 4.90. The molecule has 0 unspecified atom stereocenters. The Bertz CT molecular complexity index is 710. The predicted octanol–water partition coefficient (Wildman–Crippen LogP) is 3.07. The molecule has 5 nitrogen and oxygen atoms in total. The topological polar surface area (TPSA) is 72.9 Å². The Morgan fingerprint density at radius 3 is 2.52 bits per heavy atom. The van der Waals surface area contributed by atoms with Gasteiger partial charge in [0, 0.05) is 24.4 Å². The third-order valence-electron chi connectivity index (χ3n) is 3.70. The maximum absolute atomic E-state index is 12.0. The van der Waals surface area contributed by atoms with Crippen LogP contribution >= 0.6 is 0 Å². The van der Waals surface area contributed by atoms with Crippen LogP contribution in [0.1, 0.15) is 44.0 Å². The highest BCUT2D eigenvalue weighted by molar-refractivity contribution is 5.90. The molecule has 0 bridgehead atoms. The van der Waals surface area contributed by atoms with Crippen LogP contribution in [0.2, 0.25) is 0 Å². The van der Waals surface area contributed by atoms with Crippen LogP contribution < -0.4 is 11.1 Å². The number of carbonyl (C=O) groups excluding carboxylic acids is 1. The third kappa shape index (κ3) is 3.99. The first-order valence-electron chi connectivity index (χ1n) is 7.90. The largest absolute Gasteiger partial charge is 0.330 e. The fourth-order valence-electron chi connectivity index (χ4n) is 2.40. The van der Waals surface area contributed by atoms with Crippen LogP contribution in [0.5, 0.6) is 0 Å². The zero-order valence-corrected chi connectivity index (χ0v) is 14.6. The summed E-state index contributed by atoms with van der Waals surface area (Å²) >= 11 is 0. The Morgan fingerprint density at radius 1 is 1.26 bits per heavy atom. The van der Waals surface area contributed by atoms with Crippen molar-refractivity contribution in [2.24, 2.45) is 5.73 Å². The molecule has 0 aliphatic rings. The zero-order valence-electron chi connectivity index (χ0n) is 14.6. The molecule has 3 N–H and O–H groups in total. The average molecular weight is 314 g/mol. The molecule has 0 saturated heterocycles. The van der Waals surface area contributed by atoms with E-state index >= 15 is 0 Å². The molecule has 0 saturated carbocycles. The molecule has 5 heteroatoms. The summed E-state index contributed by atoms with van der Waals surface area (Å²) in [5, 5.41) is 7.65. The summed E-state index contributed by atoms with van der Waals surface area (Å²) in [7, 11) is 0. The van der Waals surface area contributed by atoms with E-state index in [-0.39, 0.29) is 11.3 Å². The normalized spacial score (nSPS) is 11.6. The second kappa shape index (κ2) is 6.54. The van der Waals surface area contributed by atoms with Crippen LogP contribution in [-0.2, 0) is 10.2 Å². The van der Waals surface area contributed by atoms with Crippen molar-refractivity contribution in [2.75, 3.05) is 11.9 Å².